The fourth-order valence-corrected chi connectivity index (χ4v) is 3.23. The molecule has 0 aromatic heterocycles. The second-order valence-electron chi connectivity index (χ2n) is 5.78. The fraction of sp³-hybridized carbons (Fsp3) is 0.562. The maximum Gasteiger partial charge on any atom is 0.228 e. The molecule has 0 radical (unpaired) electrons. The van der Waals surface area contributed by atoms with Crippen LogP contribution in [0.15, 0.2) is 30.3 Å². The maximum atomic E-state index is 12.7. The van der Waals surface area contributed by atoms with E-state index in [4.69, 9.17) is 10.5 Å². The van der Waals surface area contributed by atoms with Gasteiger partial charge in [-0.25, -0.2) is 0 Å². The molecule has 0 spiro atoms. The van der Waals surface area contributed by atoms with E-state index < -0.39 is 0 Å². The van der Waals surface area contributed by atoms with E-state index in [1.165, 1.54) is 0 Å². The summed E-state index contributed by atoms with van der Waals surface area (Å²) < 4.78 is 5.91. The lowest BCUT2D eigenvalue weighted by Crippen LogP contribution is -2.40. The summed E-state index contributed by atoms with van der Waals surface area (Å²) in [6, 6.07) is 10.2. The molecule has 2 saturated heterocycles. The highest BCUT2D eigenvalue weighted by atomic mass is 35.5. The molecule has 2 aliphatic rings. The van der Waals surface area contributed by atoms with Crippen molar-refractivity contribution in [1.82, 2.24) is 4.90 Å². The van der Waals surface area contributed by atoms with E-state index in [2.05, 4.69) is 0 Å². The van der Waals surface area contributed by atoms with Gasteiger partial charge in [-0.2, -0.15) is 0 Å². The minimum absolute atomic E-state index is 0. The standard InChI is InChI=1S/C16H22N2O2.ClH/c17-13-8-9-18(11-13)16(19)14-7-4-10-20-15(14)12-5-2-1-3-6-12;/h1-3,5-6,13-15H,4,7-11,17H2;1H/t13-,14?,15?;/m1./s1. The Morgan fingerprint density at radius 2 is 2.00 bits per heavy atom. The number of benzene rings is 1. The van der Waals surface area contributed by atoms with Crippen LogP contribution in [0.1, 0.15) is 30.9 Å². The molecule has 1 amide bonds. The molecule has 2 heterocycles. The summed E-state index contributed by atoms with van der Waals surface area (Å²) in [6.07, 6.45) is 2.67. The number of likely N-dealkylation sites (tertiary alicyclic amines) is 1. The van der Waals surface area contributed by atoms with Crippen molar-refractivity contribution in [3.8, 4) is 0 Å². The summed E-state index contributed by atoms with van der Waals surface area (Å²) in [5.74, 6) is 0.156. The van der Waals surface area contributed by atoms with Gasteiger partial charge in [0.25, 0.3) is 0 Å². The number of halogens is 1. The lowest BCUT2D eigenvalue weighted by Gasteiger charge is -2.33. The van der Waals surface area contributed by atoms with E-state index in [0.717, 1.165) is 38.0 Å². The molecule has 5 heteroatoms. The van der Waals surface area contributed by atoms with Crippen LogP contribution >= 0.6 is 12.4 Å². The first-order chi connectivity index (χ1) is 9.75. The molecule has 4 nitrogen and oxygen atoms in total. The van der Waals surface area contributed by atoms with Gasteiger partial charge >= 0.3 is 0 Å². The summed E-state index contributed by atoms with van der Waals surface area (Å²) in [4.78, 5) is 14.6. The Labute approximate surface area is 132 Å². The minimum atomic E-state index is -0.103. The van der Waals surface area contributed by atoms with Crippen LogP contribution in [0, 0.1) is 5.92 Å². The highest BCUT2D eigenvalue weighted by Crippen LogP contribution is 2.35. The molecule has 2 unspecified atom stereocenters. The first kappa shape index (κ1) is 16.3. The van der Waals surface area contributed by atoms with Gasteiger partial charge in [-0.05, 0) is 24.8 Å². The van der Waals surface area contributed by atoms with Gasteiger partial charge in [-0.15, -0.1) is 12.4 Å². The molecule has 3 atom stereocenters. The van der Waals surface area contributed by atoms with Crippen molar-refractivity contribution in [2.24, 2.45) is 11.7 Å². The van der Waals surface area contributed by atoms with Gasteiger partial charge in [0.05, 0.1) is 12.0 Å². The maximum absolute atomic E-state index is 12.7. The quantitative estimate of drug-likeness (QED) is 0.910. The smallest absolute Gasteiger partial charge is 0.228 e. The third-order valence-electron chi connectivity index (χ3n) is 4.30. The predicted octanol–water partition coefficient (Wildman–Crippen LogP) is 2.14. The summed E-state index contributed by atoms with van der Waals surface area (Å²) in [6.45, 7) is 2.22. The van der Waals surface area contributed by atoms with Gasteiger partial charge in [0.1, 0.15) is 0 Å². The molecule has 2 N–H and O–H groups in total. The lowest BCUT2D eigenvalue weighted by atomic mass is 9.88. The fourth-order valence-electron chi connectivity index (χ4n) is 3.23. The van der Waals surface area contributed by atoms with Gasteiger partial charge < -0.3 is 15.4 Å². The van der Waals surface area contributed by atoms with E-state index >= 15 is 0 Å². The van der Waals surface area contributed by atoms with Gasteiger partial charge in [0.2, 0.25) is 5.91 Å². The van der Waals surface area contributed by atoms with Crippen LogP contribution < -0.4 is 5.73 Å². The predicted molar refractivity (Wildman–Crippen MR) is 84.3 cm³/mol. The van der Waals surface area contributed by atoms with E-state index in [1.807, 2.05) is 35.2 Å². The number of carbonyl (C=O) groups excluding carboxylic acids is 1. The number of hydrogen-bond acceptors (Lipinski definition) is 3. The van der Waals surface area contributed by atoms with Crippen LogP contribution in [-0.4, -0.2) is 36.5 Å². The average Bonchev–Trinajstić information content (AvgIpc) is 2.94. The summed E-state index contributed by atoms with van der Waals surface area (Å²) >= 11 is 0. The van der Waals surface area contributed by atoms with Crippen molar-refractivity contribution in [3.05, 3.63) is 35.9 Å². The molecule has 0 bridgehead atoms. The Kier molecular flexibility index (Phi) is 5.62. The van der Waals surface area contributed by atoms with Crippen LogP contribution in [0.4, 0.5) is 0 Å². The number of nitrogens with zero attached hydrogens (tertiary/aromatic N) is 1. The molecule has 2 aliphatic heterocycles. The normalized spacial score (nSPS) is 29.0. The van der Waals surface area contributed by atoms with Crippen molar-refractivity contribution in [2.75, 3.05) is 19.7 Å². The second kappa shape index (κ2) is 7.25. The Morgan fingerprint density at radius 3 is 2.67 bits per heavy atom. The van der Waals surface area contributed by atoms with Crippen molar-refractivity contribution < 1.29 is 9.53 Å². The number of rotatable bonds is 2. The van der Waals surface area contributed by atoms with Crippen molar-refractivity contribution in [2.45, 2.75) is 31.4 Å². The summed E-state index contributed by atoms with van der Waals surface area (Å²) in [5, 5.41) is 0. The molecule has 2 fully saturated rings. The molecule has 1 aromatic rings. The van der Waals surface area contributed by atoms with E-state index in [0.29, 0.717) is 6.54 Å². The summed E-state index contributed by atoms with van der Waals surface area (Å²) in [7, 11) is 0. The molecule has 0 aliphatic carbocycles. The third-order valence-corrected chi connectivity index (χ3v) is 4.30. The Morgan fingerprint density at radius 1 is 1.24 bits per heavy atom. The van der Waals surface area contributed by atoms with Crippen LogP contribution in [0.25, 0.3) is 0 Å². The molecule has 3 rings (SSSR count). The molecule has 0 saturated carbocycles. The molecule has 1 aromatic carbocycles. The third kappa shape index (κ3) is 3.57. The van der Waals surface area contributed by atoms with Gasteiger partial charge in [0.15, 0.2) is 0 Å². The van der Waals surface area contributed by atoms with E-state index in [9.17, 15) is 4.79 Å². The zero-order valence-corrected chi connectivity index (χ0v) is 12.9. The van der Waals surface area contributed by atoms with Crippen molar-refractivity contribution in [3.63, 3.8) is 0 Å². The van der Waals surface area contributed by atoms with Gasteiger partial charge in [-0.1, -0.05) is 30.3 Å². The zero-order valence-electron chi connectivity index (χ0n) is 12.1. The zero-order chi connectivity index (χ0) is 13.9. The lowest BCUT2D eigenvalue weighted by molar-refractivity contribution is -0.144. The van der Waals surface area contributed by atoms with Crippen molar-refractivity contribution >= 4 is 18.3 Å². The molecule has 116 valence electrons. The van der Waals surface area contributed by atoms with Gasteiger partial charge in [-0.3, -0.25) is 4.79 Å². The Bertz CT molecular complexity index is 469. The SMILES string of the molecule is Cl.N[C@@H]1CCN(C(=O)C2CCCOC2c2ccccc2)C1. The highest BCUT2D eigenvalue weighted by Gasteiger charge is 2.37. The largest absolute Gasteiger partial charge is 0.373 e. The van der Waals surface area contributed by atoms with Crippen LogP contribution in [0.2, 0.25) is 0 Å². The molecular weight excluding hydrogens is 288 g/mol. The monoisotopic (exact) mass is 310 g/mol. The number of ether oxygens (including phenoxy) is 1. The topological polar surface area (TPSA) is 55.6 Å². The Balaban J connectivity index is 0.00000161. The average molecular weight is 311 g/mol. The first-order valence-electron chi connectivity index (χ1n) is 7.46. The number of nitrogens with two attached hydrogens (primary N) is 1. The number of amides is 1. The number of hydrogen-bond donors (Lipinski definition) is 1. The van der Waals surface area contributed by atoms with Crippen molar-refractivity contribution in [1.29, 1.82) is 0 Å². The molecular formula is C16H23ClN2O2. The molecule has 21 heavy (non-hydrogen) atoms. The summed E-state index contributed by atoms with van der Waals surface area (Å²) in [5.41, 5.74) is 7.02. The van der Waals surface area contributed by atoms with E-state index in [1.54, 1.807) is 0 Å². The van der Waals surface area contributed by atoms with Crippen LogP contribution in [-0.2, 0) is 9.53 Å². The second-order valence-corrected chi connectivity index (χ2v) is 5.78. The van der Waals surface area contributed by atoms with Gasteiger partial charge in [0, 0.05) is 25.7 Å². The first-order valence-corrected chi connectivity index (χ1v) is 7.46. The minimum Gasteiger partial charge on any atom is -0.373 e. The van der Waals surface area contributed by atoms with Crippen LogP contribution in [0.5, 0.6) is 0 Å². The number of carbonyl (C=O) groups is 1. The Hall–Kier alpha value is -1.10. The van der Waals surface area contributed by atoms with Crippen LogP contribution in [0.3, 0.4) is 0 Å². The highest BCUT2D eigenvalue weighted by molar-refractivity contribution is 5.85. The van der Waals surface area contributed by atoms with E-state index in [-0.39, 0.29) is 36.4 Å².